The zero-order valence-corrected chi connectivity index (χ0v) is 21.0. The van der Waals surface area contributed by atoms with E-state index < -0.39 is 4.92 Å². The van der Waals surface area contributed by atoms with Crippen LogP contribution in [-0.4, -0.2) is 52.0 Å². The molecule has 0 radical (unpaired) electrons. The number of nitro benzene ring substituents is 1. The lowest BCUT2D eigenvalue weighted by Gasteiger charge is -2.35. The summed E-state index contributed by atoms with van der Waals surface area (Å²) in [4.78, 5) is 32.6. The molecule has 2 aliphatic heterocycles. The third kappa shape index (κ3) is 6.25. The molecule has 3 aromatic rings. The fourth-order valence-corrected chi connectivity index (χ4v) is 5.18. The zero-order valence-electron chi connectivity index (χ0n) is 20.2. The first-order valence-electron chi connectivity index (χ1n) is 12.0. The van der Waals surface area contributed by atoms with Gasteiger partial charge in [-0.15, -0.1) is 0 Å². The minimum atomic E-state index is -0.427. The number of hydrogen-bond donors (Lipinski definition) is 0. The molecule has 0 aliphatic carbocycles. The topological polar surface area (TPSA) is 88.3 Å². The van der Waals surface area contributed by atoms with Gasteiger partial charge in [0.2, 0.25) is 0 Å². The van der Waals surface area contributed by atoms with Gasteiger partial charge in [0, 0.05) is 50.4 Å². The first kappa shape index (κ1) is 24.7. The Morgan fingerprint density at radius 2 is 1.62 bits per heavy atom. The number of benzene rings is 3. The second kappa shape index (κ2) is 11.4. The number of carbonyl (C=O) groups excluding carboxylic acids is 1. The summed E-state index contributed by atoms with van der Waals surface area (Å²) in [5.41, 5.74) is 2.94. The maximum absolute atomic E-state index is 12.7. The number of nitrogens with zero attached hydrogens (tertiary/aromatic N) is 4. The van der Waals surface area contributed by atoms with Crippen LogP contribution in [0.1, 0.15) is 16.7 Å². The Balaban J connectivity index is 1.19. The van der Waals surface area contributed by atoms with E-state index in [4.69, 9.17) is 4.74 Å². The van der Waals surface area contributed by atoms with Crippen molar-refractivity contribution in [3.05, 3.63) is 111 Å². The van der Waals surface area contributed by atoms with Crippen LogP contribution in [0.15, 0.2) is 88.8 Å². The third-order valence-electron chi connectivity index (χ3n) is 6.25. The molecule has 0 unspecified atom stereocenters. The fraction of sp³-hybridized carbons (Fsp3) is 0.214. The fourth-order valence-electron chi connectivity index (χ4n) is 4.22. The van der Waals surface area contributed by atoms with E-state index in [9.17, 15) is 14.9 Å². The lowest BCUT2D eigenvalue weighted by atomic mass is 10.1. The van der Waals surface area contributed by atoms with Crippen molar-refractivity contribution < 1.29 is 14.5 Å². The van der Waals surface area contributed by atoms with E-state index in [0.717, 1.165) is 49.0 Å². The quantitative estimate of drug-likeness (QED) is 0.250. The first-order valence-corrected chi connectivity index (χ1v) is 12.9. The Bertz CT molecular complexity index is 1330. The van der Waals surface area contributed by atoms with E-state index >= 15 is 0 Å². The molecule has 188 valence electrons. The maximum atomic E-state index is 12.7. The SMILES string of the molecule is O=C1N=C(N2CCN(Cc3ccccc3)CC2)S/C1=C/c1ccccc1OCc1ccc([N+](=O)[O-])cc1. The van der Waals surface area contributed by atoms with Crippen LogP contribution in [0, 0.1) is 10.1 Å². The van der Waals surface area contributed by atoms with Gasteiger partial charge in [-0.1, -0.05) is 48.5 Å². The average Bonchev–Trinajstić information content (AvgIpc) is 3.29. The summed E-state index contributed by atoms with van der Waals surface area (Å²) < 4.78 is 5.98. The van der Waals surface area contributed by atoms with Crippen LogP contribution in [0.5, 0.6) is 5.75 Å². The molecule has 2 aliphatic rings. The number of thioether (sulfide) groups is 1. The number of piperazine rings is 1. The summed E-state index contributed by atoms with van der Waals surface area (Å²) in [5, 5.41) is 11.6. The van der Waals surface area contributed by atoms with Crippen molar-refractivity contribution in [1.82, 2.24) is 9.80 Å². The number of nitro groups is 1. The van der Waals surface area contributed by atoms with Crippen LogP contribution >= 0.6 is 11.8 Å². The van der Waals surface area contributed by atoms with Crippen LogP contribution in [0.2, 0.25) is 0 Å². The molecular weight excluding hydrogens is 488 g/mol. The second-order valence-electron chi connectivity index (χ2n) is 8.81. The first-order chi connectivity index (χ1) is 18.0. The normalized spacial score (nSPS) is 17.2. The van der Waals surface area contributed by atoms with Gasteiger partial charge in [0.1, 0.15) is 12.4 Å². The molecule has 0 saturated carbocycles. The Labute approximate surface area is 219 Å². The van der Waals surface area contributed by atoms with Crippen molar-refractivity contribution in [2.75, 3.05) is 26.2 Å². The zero-order chi connectivity index (χ0) is 25.6. The minimum absolute atomic E-state index is 0.0408. The van der Waals surface area contributed by atoms with Crippen molar-refractivity contribution in [1.29, 1.82) is 0 Å². The molecular formula is C28H26N4O4S. The highest BCUT2D eigenvalue weighted by atomic mass is 32.2. The van der Waals surface area contributed by atoms with Gasteiger partial charge in [0.25, 0.3) is 11.6 Å². The number of carbonyl (C=O) groups is 1. The van der Waals surface area contributed by atoms with Crippen molar-refractivity contribution in [3.8, 4) is 5.75 Å². The van der Waals surface area contributed by atoms with E-state index in [2.05, 4.69) is 39.1 Å². The largest absolute Gasteiger partial charge is 0.488 e. The lowest BCUT2D eigenvalue weighted by molar-refractivity contribution is -0.384. The predicted molar refractivity (Wildman–Crippen MR) is 145 cm³/mol. The Hall–Kier alpha value is -3.95. The van der Waals surface area contributed by atoms with Gasteiger partial charge in [0.15, 0.2) is 5.17 Å². The molecule has 1 saturated heterocycles. The number of amides is 1. The highest BCUT2D eigenvalue weighted by molar-refractivity contribution is 8.18. The van der Waals surface area contributed by atoms with E-state index in [0.29, 0.717) is 10.7 Å². The molecule has 5 rings (SSSR count). The predicted octanol–water partition coefficient (Wildman–Crippen LogP) is 4.96. The van der Waals surface area contributed by atoms with Crippen LogP contribution in [0.3, 0.4) is 0 Å². The molecule has 2 heterocycles. The average molecular weight is 515 g/mol. The number of para-hydroxylation sites is 1. The molecule has 8 nitrogen and oxygen atoms in total. The van der Waals surface area contributed by atoms with Gasteiger partial charge in [-0.3, -0.25) is 19.8 Å². The summed E-state index contributed by atoms with van der Waals surface area (Å²) >= 11 is 1.40. The minimum Gasteiger partial charge on any atom is -0.488 e. The summed E-state index contributed by atoms with van der Waals surface area (Å²) in [7, 11) is 0. The molecule has 0 aromatic heterocycles. The highest BCUT2D eigenvalue weighted by Crippen LogP contribution is 2.33. The van der Waals surface area contributed by atoms with Crippen LogP contribution in [0.4, 0.5) is 5.69 Å². The van der Waals surface area contributed by atoms with E-state index in [1.807, 2.05) is 36.4 Å². The lowest BCUT2D eigenvalue weighted by Crippen LogP contribution is -2.47. The molecule has 0 bridgehead atoms. The molecule has 0 atom stereocenters. The highest BCUT2D eigenvalue weighted by Gasteiger charge is 2.28. The number of rotatable bonds is 7. The number of non-ortho nitro benzene ring substituents is 1. The Morgan fingerprint density at radius 3 is 2.35 bits per heavy atom. The van der Waals surface area contributed by atoms with Gasteiger partial charge in [-0.05, 0) is 47.2 Å². The van der Waals surface area contributed by atoms with E-state index in [1.165, 1.54) is 29.5 Å². The molecule has 3 aromatic carbocycles. The Kier molecular flexibility index (Phi) is 7.62. The Morgan fingerprint density at radius 1 is 0.919 bits per heavy atom. The van der Waals surface area contributed by atoms with E-state index in [-0.39, 0.29) is 18.2 Å². The second-order valence-corrected chi connectivity index (χ2v) is 9.82. The van der Waals surface area contributed by atoms with Crippen molar-refractivity contribution >= 4 is 34.6 Å². The standard InChI is InChI=1S/C28H26N4O4S/c33-27-26(37-28(29-27)31-16-14-30(15-17-31)19-21-6-2-1-3-7-21)18-23-8-4-5-9-25(23)36-20-22-10-12-24(13-11-22)32(34)35/h1-13,18H,14-17,19-20H2/b26-18+. The summed E-state index contributed by atoms with van der Waals surface area (Å²) in [6, 6.07) is 24.2. The smallest absolute Gasteiger partial charge is 0.286 e. The molecule has 9 heteroatoms. The van der Waals surface area contributed by atoms with Crippen LogP contribution < -0.4 is 4.74 Å². The number of aliphatic imine (C=N–C) groups is 1. The third-order valence-corrected chi connectivity index (χ3v) is 7.29. The van der Waals surface area contributed by atoms with Gasteiger partial charge in [0.05, 0.1) is 9.83 Å². The van der Waals surface area contributed by atoms with Crippen molar-refractivity contribution in [2.45, 2.75) is 13.2 Å². The van der Waals surface area contributed by atoms with Crippen molar-refractivity contribution in [2.24, 2.45) is 4.99 Å². The molecule has 1 fully saturated rings. The molecule has 0 N–H and O–H groups in total. The number of hydrogen-bond acceptors (Lipinski definition) is 7. The van der Waals surface area contributed by atoms with Crippen molar-refractivity contribution in [3.63, 3.8) is 0 Å². The van der Waals surface area contributed by atoms with Crippen LogP contribution in [0.25, 0.3) is 6.08 Å². The molecule has 0 spiro atoms. The summed E-state index contributed by atoms with van der Waals surface area (Å²) in [6.07, 6.45) is 1.82. The van der Waals surface area contributed by atoms with Gasteiger partial charge in [-0.25, -0.2) is 0 Å². The van der Waals surface area contributed by atoms with E-state index in [1.54, 1.807) is 12.1 Å². The number of ether oxygens (including phenoxy) is 1. The van der Waals surface area contributed by atoms with Gasteiger partial charge in [-0.2, -0.15) is 4.99 Å². The van der Waals surface area contributed by atoms with Gasteiger partial charge < -0.3 is 9.64 Å². The monoisotopic (exact) mass is 514 g/mol. The number of amidine groups is 1. The molecule has 37 heavy (non-hydrogen) atoms. The summed E-state index contributed by atoms with van der Waals surface area (Å²) in [5.74, 6) is 0.390. The summed E-state index contributed by atoms with van der Waals surface area (Å²) in [6.45, 7) is 4.67. The van der Waals surface area contributed by atoms with Gasteiger partial charge >= 0.3 is 0 Å². The van der Waals surface area contributed by atoms with Crippen LogP contribution in [-0.2, 0) is 17.9 Å². The molecule has 1 amide bonds. The maximum Gasteiger partial charge on any atom is 0.286 e.